The van der Waals surface area contributed by atoms with Crippen LogP contribution in [0.15, 0.2) is 54.0 Å². The van der Waals surface area contributed by atoms with Crippen molar-refractivity contribution in [2.75, 3.05) is 0 Å². The largest absolute Gasteiger partial charge is 0.507 e. The van der Waals surface area contributed by atoms with Gasteiger partial charge in [0.1, 0.15) is 4.75 Å². The summed E-state index contributed by atoms with van der Waals surface area (Å²) in [4.78, 5) is -1.13. The molecule has 0 radical (unpaired) electrons. The highest BCUT2D eigenvalue weighted by molar-refractivity contribution is 8.09. The summed E-state index contributed by atoms with van der Waals surface area (Å²) < 4.78 is -0.924. The summed E-state index contributed by atoms with van der Waals surface area (Å²) in [5.41, 5.74) is 0.788. The molecule has 1 aliphatic carbocycles. The summed E-state index contributed by atoms with van der Waals surface area (Å²) in [5.74, 6) is -0.354. The Bertz CT molecular complexity index is 508. The first kappa shape index (κ1) is 9.81. The van der Waals surface area contributed by atoms with Crippen LogP contribution in [0.5, 0.6) is 0 Å². The van der Waals surface area contributed by atoms with Gasteiger partial charge < -0.3 is 15.3 Å². The summed E-state index contributed by atoms with van der Waals surface area (Å²) in [6.45, 7) is 0. The number of thioether (sulfide) groups is 1. The Hall–Kier alpha value is -1.39. The fraction of sp³-hybridized carbons (Fsp3) is 0.167. The zero-order valence-corrected chi connectivity index (χ0v) is 9.11. The molecule has 1 aromatic carbocycles. The van der Waals surface area contributed by atoms with Crippen LogP contribution >= 0.6 is 11.8 Å². The third kappa shape index (κ3) is 0.982. The van der Waals surface area contributed by atoms with Gasteiger partial charge in [-0.1, -0.05) is 42.1 Å². The van der Waals surface area contributed by atoms with Gasteiger partial charge in [0.2, 0.25) is 0 Å². The number of hydrogen-bond donors (Lipinski definition) is 3. The Labute approximate surface area is 96.7 Å². The van der Waals surface area contributed by atoms with E-state index in [1.807, 2.05) is 30.3 Å². The number of rotatable bonds is 1. The number of benzene rings is 1. The molecule has 3 nitrogen and oxygen atoms in total. The molecule has 1 fully saturated rings. The first-order valence-corrected chi connectivity index (χ1v) is 5.72. The van der Waals surface area contributed by atoms with E-state index in [-0.39, 0.29) is 11.5 Å². The summed E-state index contributed by atoms with van der Waals surface area (Å²) in [6.07, 6.45) is 2.84. The van der Waals surface area contributed by atoms with Crippen LogP contribution in [0.1, 0.15) is 5.56 Å². The van der Waals surface area contributed by atoms with Crippen LogP contribution in [0.4, 0.5) is 0 Å². The van der Waals surface area contributed by atoms with Gasteiger partial charge in [0.05, 0.1) is 0 Å². The molecule has 1 aromatic rings. The van der Waals surface area contributed by atoms with Crippen LogP contribution in [0.3, 0.4) is 0 Å². The minimum Gasteiger partial charge on any atom is -0.507 e. The van der Waals surface area contributed by atoms with E-state index >= 15 is 0 Å². The maximum atomic E-state index is 10.2. The van der Waals surface area contributed by atoms with Crippen molar-refractivity contribution < 1.29 is 15.3 Å². The van der Waals surface area contributed by atoms with E-state index in [0.717, 1.165) is 5.56 Å². The maximum Gasteiger partial charge on any atom is 0.159 e. The molecule has 3 N–H and O–H groups in total. The second-order valence-corrected chi connectivity index (χ2v) is 5.35. The summed E-state index contributed by atoms with van der Waals surface area (Å²) in [6, 6.07) is 9.20. The normalized spacial score (nSPS) is 36.1. The Kier molecular flexibility index (Phi) is 1.74. The van der Waals surface area contributed by atoms with Gasteiger partial charge in [-0.2, -0.15) is 0 Å². The lowest BCUT2D eigenvalue weighted by Gasteiger charge is -2.20. The number of hydrogen-bond acceptors (Lipinski definition) is 4. The third-order valence-corrected chi connectivity index (χ3v) is 4.59. The molecule has 2 aliphatic rings. The minimum atomic E-state index is -1.13. The van der Waals surface area contributed by atoms with Gasteiger partial charge in [-0.3, -0.25) is 0 Å². The van der Waals surface area contributed by atoms with Crippen LogP contribution in [-0.2, 0) is 4.75 Å². The van der Waals surface area contributed by atoms with Crippen molar-refractivity contribution in [3.63, 3.8) is 0 Å². The highest BCUT2D eigenvalue weighted by Crippen LogP contribution is 2.73. The number of fused-ring (bicyclic) bond motifs is 1. The zero-order chi connectivity index (χ0) is 11.4. The predicted octanol–water partition coefficient (Wildman–Crippen LogP) is 2.21. The monoisotopic (exact) mass is 234 g/mol. The van der Waals surface area contributed by atoms with Crippen molar-refractivity contribution in [1.29, 1.82) is 0 Å². The molecule has 82 valence electrons. The molecule has 0 spiro atoms. The standard InChI is InChI=1S/C12H10O3S/c13-9-6-7-11(15)12(16-11,10(9)14)8-4-2-1-3-5-8/h1-7,13-15H. The lowest BCUT2D eigenvalue weighted by molar-refractivity contribution is 0.161. The molecule has 3 rings (SSSR count). The molecule has 0 bridgehead atoms. The molecular formula is C12H10O3S. The van der Waals surface area contributed by atoms with E-state index in [1.54, 1.807) is 0 Å². The molecule has 1 saturated heterocycles. The topological polar surface area (TPSA) is 60.7 Å². The first-order valence-electron chi connectivity index (χ1n) is 4.90. The molecule has 0 aromatic heterocycles. The SMILES string of the molecule is OC1=C(O)C2(c3ccccc3)SC2(O)C=C1. The molecule has 0 amide bonds. The van der Waals surface area contributed by atoms with Gasteiger partial charge in [-0.05, 0) is 17.7 Å². The van der Waals surface area contributed by atoms with Gasteiger partial charge in [0, 0.05) is 0 Å². The minimum absolute atomic E-state index is 0.172. The van der Waals surface area contributed by atoms with E-state index in [2.05, 4.69) is 0 Å². The molecule has 1 aliphatic heterocycles. The van der Waals surface area contributed by atoms with Crippen molar-refractivity contribution in [2.45, 2.75) is 9.68 Å². The lowest BCUT2D eigenvalue weighted by Crippen LogP contribution is -2.27. The fourth-order valence-corrected chi connectivity index (χ4v) is 3.39. The second-order valence-electron chi connectivity index (χ2n) is 3.91. The Morgan fingerprint density at radius 3 is 2.44 bits per heavy atom. The molecule has 16 heavy (non-hydrogen) atoms. The van der Waals surface area contributed by atoms with Crippen LogP contribution in [-0.4, -0.2) is 20.3 Å². The summed E-state index contributed by atoms with van der Waals surface area (Å²) >= 11 is 1.21. The van der Waals surface area contributed by atoms with Crippen molar-refractivity contribution in [1.82, 2.24) is 0 Å². The average molecular weight is 234 g/mol. The second kappa shape index (κ2) is 2.84. The first-order chi connectivity index (χ1) is 7.60. The Morgan fingerprint density at radius 1 is 1.06 bits per heavy atom. The van der Waals surface area contributed by atoms with Gasteiger partial charge in [-0.25, -0.2) is 0 Å². The van der Waals surface area contributed by atoms with Crippen molar-refractivity contribution in [3.05, 3.63) is 59.6 Å². The number of aliphatic hydroxyl groups is 3. The molecule has 2 unspecified atom stereocenters. The van der Waals surface area contributed by atoms with Crippen molar-refractivity contribution in [3.8, 4) is 0 Å². The van der Waals surface area contributed by atoms with Crippen LogP contribution in [0, 0.1) is 0 Å². The average Bonchev–Trinajstić information content (AvgIpc) is 2.95. The van der Waals surface area contributed by atoms with Gasteiger partial charge >= 0.3 is 0 Å². The number of allylic oxidation sites excluding steroid dienone is 1. The quantitative estimate of drug-likeness (QED) is 0.652. The molecule has 4 heteroatoms. The summed E-state index contributed by atoms with van der Waals surface area (Å²) in [7, 11) is 0. The Morgan fingerprint density at radius 2 is 1.75 bits per heavy atom. The van der Waals surface area contributed by atoms with E-state index in [4.69, 9.17) is 0 Å². The molecule has 0 saturated carbocycles. The van der Waals surface area contributed by atoms with Gasteiger partial charge in [0.15, 0.2) is 16.5 Å². The van der Waals surface area contributed by atoms with Gasteiger partial charge in [0.25, 0.3) is 0 Å². The lowest BCUT2D eigenvalue weighted by atomic mass is 9.88. The highest BCUT2D eigenvalue weighted by atomic mass is 32.2. The third-order valence-electron chi connectivity index (χ3n) is 2.99. The van der Waals surface area contributed by atoms with Crippen molar-refractivity contribution in [2.24, 2.45) is 0 Å². The van der Waals surface area contributed by atoms with Crippen LogP contribution < -0.4 is 0 Å². The molecular weight excluding hydrogens is 224 g/mol. The maximum absolute atomic E-state index is 10.2. The zero-order valence-electron chi connectivity index (χ0n) is 8.29. The van der Waals surface area contributed by atoms with E-state index in [0.29, 0.717) is 0 Å². The van der Waals surface area contributed by atoms with Crippen molar-refractivity contribution >= 4 is 11.8 Å². The van der Waals surface area contributed by atoms with E-state index < -0.39 is 9.68 Å². The molecule has 1 heterocycles. The number of aliphatic hydroxyl groups excluding tert-OH is 2. The smallest absolute Gasteiger partial charge is 0.159 e. The fourth-order valence-electron chi connectivity index (χ4n) is 2.10. The predicted molar refractivity (Wildman–Crippen MR) is 62.1 cm³/mol. The highest BCUT2D eigenvalue weighted by Gasteiger charge is 2.73. The van der Waals surface area contributed by atoms with Crippen LogP contribution in [0.25, 0.3) is 0 Å². The summed E-state index contributed by atoms with van der Waals surface area (Å²) in [5, 5.41) is 29.7. The van der Waals surface area contributed by atoms with Crippen LogP contribution in [0.2, 0.25) is 0 Å². The Balaban J connectivity index is 2.18. The van der Waals surface area contributed by atoms with E-state index in [1.165, 1.54) is 23.9 Å². The van der Waals surface area contributed by atoms with E-state index in [9.17, 15) is 15.3 Å². The molecule has 2 atom stereocenters. The van der Waals surface area contributed by atoms with Gasteiger partial charge in [-0.15, -0.1) is 0 Å².